The van der Waals surface area contributed by atoms with Crippen LogP contribution in [0.15, 0.2) is 0 Å². The number of carbonyl (C=O) groups excluding carboxylic acids is 2. The SMILES string of the molecule is CC(=O)[C@H]1CC[C@H]2[C@@H]3CC[C@H]4C[C@H](O)[C@@H](N5CCOCC5)C[C@]4(C)[C@H]3C(=O)C[C@]12C. The van der Waals surface area contributed by atoms with Gasteiger partial charge in [-0.2, -0.15) is 0 Å². The molecule has 0 bridgehead atoms. The summed E-state index contributed by atoms with van der Waals surface area (Å²) in [6, 6.07) is 0.142. The third-order valence-corrected chi connectivity index (χ3v) is 10.4. The molecule has 5 aliphatic rings. The van der Waals surface area contributed by atoms with Crippen molar-refractivity contribution in [3.05, 3.63) is 0 Å². The van der Waals surface area contributed by atoms with Crippen molar-refractivity contribution in [3.8, 4) is 0 Å². The fourth-order valence-electron chi connectivity index (χ4n) is 9.05. The number of morpholine rings is 1. The van der Waals surface area contributed by atoms with E-state index in [0.717, 1.165) is 64.8 Å². The number of hydrogen-bond acceptors (Lipinski definition) is 5. The third kappa shape index (κ3) is 2.98. The average Bonchev–Trinajstić information content (AvgIpc) is 3.05. The van der Waals surface area contributed by atoms with E-state index >= 15 is 0 Å². The fraction of sp³-hybridized carbons (Fsp3) is 0.920. The van der Waals surface area contributed by atoms with E-state index in [0.29, 0.717) is 30.0 Å². The Labute approximate surface area is 180 Å². The Hall–Kier alpha value is -0.780. The van der Waals surface area contributed by atoms with Crippen LogP contribution in [0.2, 0.25) is 0 Å². The summed E-state index contributed by atoms with van der Waals surface area (Å²) in [4.78, 5) is 28.5. The van der Waals surface area contributed by atoms with E-state index in [2.05, 4.69) is 18.7 Å². The Bertz CT molecular complexity index is 718. The summed E-state index contributed by atoms with van der Waals surface area (Å²) in [5.74, 6) is 2.21. The van der Waals surface area contributed by atoms with Crippen molar-refractivity contribution < 1.29 is 19.4 Å². The largest absolute Gasteiger partial charge is 0.391 e. The zero-order valence-corrected chi connectivity index (χ0v) is 18.9. The molecule has 4 saturated carbocycles. The van der Waals surface area contributed by atoms with E-state index in [1.54, 1.807) is 6.92 Å². The molecule has 0 aromatic heterocycles. The zero-order valence-electron chi connectivity index (χ0n) is 18.9. The standard InChI is InChI=1S/C25H39NO4/c1-15(27)18-6-7-19-17-5-4-16-12-21(28)20(26-8-10-30-11-9-26)13-24(16,2)23(17)22(29)14-25(18,19)3/h16-21,23,28H,4-14H2,1-3H3/t16-,17-,18+,19-,20-,21-,23+,24-,25+/m0/s1. The van der Waals surface area contributed by atoms with Crippen LogP contribution in [0.1, 0.15) is 65.7 Å². The smallest absolute Gasteiger partial charge is 0.137 e. The molecule has 9 atom stereocenters. The Kier molecular flexibility index (Phi) is 5.19. The number of fused-ring (bicyclic) bond motifs is 5. The summed E-state index contributed by atoms with van der Waals surface area (Å²) in [7, 11) is 0. The van der Waals surface area contributed by atoms with Crippen LogP contribution in [0.3, 0.4) is 0 Å². The predicted octanol–water partition coefficient (Wildman–Crippen LogP) is 3.08. The lowest BCUT2D eigenvalue weighted by atomic mass is 9.43. The maximum atomic E-state index is 13.8. The molecule has 0 unspecified atom stereocenters. The summed E-state index contributed by atoms with van der Waals surface area (Å²) in [6.07, 6.45) is 6.31. The molecule has 0 spiro atoms. The zero-order chi connectivity index (χ0) is 21.3. The van der Waals surface area contributed by atoms with Gasteiger partial charge < -0.3 is 9.84 Å². The summed E-state index contributed by atoms with van der Waals surface area (Å²) in [6.45, 7) is 9.56. The highest BCUT2D eigenvalue weighted by molar-refractivity contribution is 5.87. The van der Waals surface area contributed by atoms with Crippen LogP contribution in [0.5, 0.6) is 0 Å². The number of aliphatic hydroxyl groups is 1. The number of ether oxygens (including phenoxy) is 1. The van der Waals surface area contributed by atoms with E-state index in [-0.39, 0.29) is 40.6 Å². The Morgan fingerprint density at radius 3 is 2.53 bits per heavy atom. The minimum Gasteiger partial charge on any atom is -0.391 e. The van der Waals surface area contributed by atoms with Gasteiger partial charge in [-0.3, -0.25) is 14.5 Å². The topological polar surface area (TPSA) is 66.8 Å². The van der Waals surface area contributed by atoms with Crippen LogP contribution >= 0.6 is 0 Å². The number of rotatable bonds is 2. The van der Waals surface area contributed by atoms with Crippen molar-refractivity contribution in [1.29, 1.82) is 0 Å². The molecular weight excluding hydrogens is 378 g/mol. The van der Waals surface area contributed by atoms with E-state index < -0.39 is 0 Å². The molecule has 0 amide bonds. The van der Waals surface area contributed by atoms with Crippen LogP contribution < -0.4 is 0 Å². The quantitative estimate of drug-likeness (QED) is 0.748. The summed E-state index contributed by atoms with van der Waals surface area (Å²) < 4.78 is 5.54. The molecule has 4 aliphatic carbocycles. The summed E-state index contributed by atoms with van der Waals surface area (Å²) >= 11 is 0. The monoisotopic (exact) mass is 417 g/mol. The highest BCUT2D eigenvalue weighted by Crippen LogP contribution is 2.66. The number of carbonyl (C=O) groups is 2. The Morgan fingerprint density at radius 2 is 1.83 bits per heavy atom. The van der Waals surface area contributed by atoms with E-state index in [1.807, 2.05) is 0 Å². The second kappa shape index (κ2) is 7.38. The lowest BCUT2D eigenvalue weighted by Gasteiger charge is -2.61. The first-order valence-corrected chi connectivity index (χ1v) is 12.3. The maximum absolute atomic E-state index is 13.8. The first-order chi connectivity index (χ1) is 14.3. The van der Waals surface area contributed by atoms with Crippen LogP contribution in [0.25, 0.3) is 0 Å². The molecule has 1 saturated heterocycles. The second-order valence-electron chi connectivity index (χ2n) is 11.6. The van der Waals surface area contributed by atoms with Crippen molar-refractivity contribution in [3.63, 3.8) is 0 Å². The first kappa shape index (κ1) is 21.1. The second-order valence-corrected chi connectivity index (χ2v) is 11.6. The van der Waals surface area contributed by atoms with Gasteiger partial charge in [0, 0.05) is 37.4 Å². The van der Waals surface area contributed by atoms with Gasteiger partial charge in [0.25, 0.3) is 0 Å². The van der Waals surface area contributed by atoms with Gasteiger partial charge >= 0.3 is 0 Å². The van der Waals surface area contributed by atoms with Crippen LogP contribution in [-0.2, 0) is 14.3 Å². The molecule has 5 rings (SSSR count). The molecule has 5 heteroatoms. The minimum absolute atomic E-state index is 0.0299. The predicted molar refractivity (Wildman–Crippen MR) is 114 cm³/mol. The number of Topliss-reactive ketones (excluding diaryl/α,β-unsaturated/α-hetero) is 2. The molecule has 1 heterocycles. The Morgan fingerprint density at radius 1 is 1.10 bits per heavy atom. The molecular formula is C25H39NO4. The fourth-order valence-corrected chi connectivity index (χ4v) is 9.05. The lowest BCUT2D eigenvalue weighted by molar-refractivity contribution is -0.171. The summed E-state index contributed by atoms with van der Waals surface area (Å²) in [5, 5.41) is 11.0. The van der Waals surface area contributed by atoms with E-state index in [4.69, 9.17) is 4.74 Å². The van der Waals surface area contributed by atoms with Crippen LogP contribution in [0.4, 0.5) is 0 Å². The van der Waals surface area contributed by atoms with Gasteiger partial charge in [0.1, 0.15) is 11.6 Å². The van der Waals surface area contributed by atoms with Crippen molar-refractivity contribution in [1.82, 2.24) is 4.90 Å². The van der Waals surface area contributed by atoms with Gasteiger partial charge in [0.05, 0.1) is 19.3 Å². The summed E-state index contributed by atoms with van der Waals surface area (Å²) in [5.41, 5.74) is -0.164. The average molecular weight is 418 g/mol. The van der Waals surface area contributed by atoms with E-state index in [9.17, 15) is 14.7 Å². The highest BCUT2D eigenvalue weighted by Gasteiger charge is 2.64. The van der Waals surface area contributed by atoms with E-state index in [1.165, 1.54) is 0 Å². The molecule has 5 nitrogen and oxygen atoms in total. The molecule has 5 fully saturated rings. The van der Waals surface area contributed by atoms with Gasteiger partial charge in [-0.1, -0.05) is 13.8 Å². The highest BCUT2D eigenvalue weighted by atomic mass is 16.5. The first-order valence-electron chi connectivity index (χ1n) is 12.3. The van der Waals surface area contributed by atoms with Crippen LogP contribution in [-0.4, -0.2) is 60.0 Å². The molecule has 168 valence electrons. The number of hydrogen-bond donors (Lipinski definition) is 1. The molecule has 0 aromatic rings. The molecule has 0 aromatic carbocycles. The van der Waals surface area contributed by atoms with Gasteiger partial charge in [-0.25, -0.2) is 0 Å². The van der Waals surface area contributed by atoms with Crippen molar-refractivity contribution >= 4 is 11.6 Å². The number of nitrogens with zero attached hydrogens (tertiary/aromatic N) is 1. The van der Waals surface area contributed by atoms with Gasteiger partial charge in [0.2, 0.25) is 0 Å². The van der Waals surface area contributed by atoms with Crippen molar-refractivity contribution in [2.45, 2.75) is 77.9 Å². The molecule has 0 radical (unpaired) electrons. The minimum atomic E-state index is -0.296. The van der Waals surface area contributed by atoms with Gasteiger partial charge in [-0.05, 0) is 74.0 Å². The van der Waals surface area contributed by atoms with Gasteiger partial charge in [-0.15, -0.1) is 0 Å². The lowest BCUT2D eigenvalue weighted by Crippen LogP contribution is -2.62. The Balaban J connectivity index is 1.45. The molecule has 1 N–H and O–H groups in total. The van der Waals surface area contributed by atoms with Gasteiger partial charge in [0.15, 0.2) is 0 Å². The van der Waals surface area contributed by atoms with Crippen molar-refractivity contribution in [2.75, 3.05) is 26.3 Å². The number of ketones is 2. The maximum Gasteiger partial charge on any atom is 0.137 e. The molecule has 30 heavy (non-hydrogen) atoms. The van der Waals surface area contributed by atoms with Crippen molar-refractivity contribution in [2.24, 2.45) is 40.4 Å². The normalized spacial score (nSPS) is 51.7. The molecule has 1 aliphatic heterocycles. The number of aliphatic hydroxyl groups excluding tert-OH is 1. The third-order valence-electron chi connectivity index (χ3n) is 10.4. The van der Waals surface area contributed by atoms with Crippen LogP contribution in [0, 0.1) is 40.4 Å².